The van der Waals surface area contributed by atoms with Gasteiger partial charge in [-0.15, -0.1) is 0 Å². The summed E-state index contributed by atoms with van der Waals surface area (Å²) in [5.74, 6) is 0.00541. The third kappa shape index (κ3) is 6.71. The second-order valence-corrected chi connectivity index (χ2v) is 6.53. The monoisotopic (exact) mass is 333 g/mol. The second kappa shape index (κ2) is 10.1. The number of hydrogen-bond donors (Lipinski definition) is 3. The van der Waals surface area contributed by atoms with Crippen molar-refractivity contribution in [3.05, 3.63) is 35.4 Å². The summed E-state index contributed by atoms with van der Waals surface area (Å²) in [6.07, 6.45) is 1.83. The van der Waals surface area contributed by atoms with Crippen molar-refractivity contribution in [1.82, 2.24) is 16.0 Å². The van der Waals surface area contributed by atoms with Crippen molar-refractivity contribution in [2.24, 2.45) is 5.92 Å². The van der Waals surface area contributed by atoms with E-state index in [1.54, 1.807) is 0 Å². The van der Waals surface area contributed by atoms with E-state index >= 15 is 0 Å². The molecule has 0 bridgehead atoms. The Morgan fingerprint density at radius 3 is 2.17 bits per heavy atom. The fourth-order valence-electron chi connectivity index (χ4n) is 2.43. The van der Waals surface area contributed by atoms with Gasteiger partial charge in [0.2, 0.25) is 5.91 Å². The average Bonchev–Trinajstić information content (AvgIpc) is 2.54. The number of benzene rings is 1. The Morgan fingerprint density at radius 1 is 1.04 bits per heavy atom. The minimum absolute atomic E-state index is 0.0475. The molecule has 1 aromatic carbocycles. The summed E-state index contributed by atoms with van der Waals surface area (Å²) in [5, 5.41) is 8.33. The Hall–Kier alpha value is -1.88. The van der Waals surface area contributed by atoms with Crippen LogP contribution in [0.1, 0.15) is 58.2 Å². The van der Waals surface area contributed by atoms with Crippen LogP contribution in [0.5, 0.6) is 0 Å². The van der Waals surface area contributed by atoms with Crippen LogP contribution in [0.15, 0.2) is 24.3 Å². The van der Waals surface area contributed by atoms with E-state index in [-0.39, 0.29) is 24.5 Å². The summed E-state index contributed by atoms with van der Waals surface area (Å²) >= 11 is 0. The third-order valence-electron chi connectivity index (χ3n) is 4.14. The molecule has 5 nitrogen and oxygen atoms in total. The highest BCUT2D eigenvalue weighted by Gasteiger charge is 2.17. The number of carbonyl (C=O) groups excluding carboxylic acids is 2. The van der Waals surface area contributed by atoms with E-state index in [1.807, 2.05) is 13.8 Å². The zero-order valence-corrected chi connectivity index (χ0v) is 15.5. The zero-order chi connectivity index (χ0) is 18.1. The lowest BCUT2D eigenvalue weighted by Crippen LogP contribution is -2.46. The fraction of sp³-hybridized carbons (Fsp3) is 0.579. The number of amides is 3. The maximum Gasteiger partial charge on any atom is 0.321 e. The predicted molar refractivity (Wildman–Crippen MR) is 97.8 cm³/mol. The van der Waals surface area contributed by atoms with Gasteiger partial charge in [-0.2, -0.15) is 0 Å². The Balaban J connectivity index is 2.56. The molecule has 2 atom stereocenters. The van der Waals surface area contributed by atoms with E-state index < -0.39 is 6.03 Å². The minimum Gasteiger partial charge on any atom is -0.335 e. The molecule has 24 heavy (non-hydrogen) atoms. The van der Waals surface area contributed by atoms with Crippen molar-refractivity contribution in [3.8, 4) is 0 Å². The highest BCUT2D eigenvalue weighted by molar-refractivity contribution is 5.95. The average molecular weight is 333 g/mol. The van der Waals surface area contributed by atoms with Crippen LogP contribution < -0.4 is 16.0 Å². The van der Waals surface area contributed by atoms with Gasteiger partial charge >= 0.3 is 6.03 Å². The van der Waals surface area contributed by atoms with Crippen LogP contribution in [-0.4, -0.2) is 24.5 Å². The first-order chi connectivity index (χ1) is 11.4. The van der Waals surface area contributed by atoms with E-state index in [0.717, 1.165) is 18.4 Å². The third-order valence-corrected chi connectivity index (χ3v) is 4.14. The summed E-state index contributed by atoms with van der Waals surface area (Å²) in [5.41, 5.74) is 2.44. The van der Waals surface area contributed by atoms with E-state index in [0.29, 0.717) is 5.92 Å². The van der Waals surface area contributed by atoms with Gasteiger partial charge in [0.05, 0.1) is 6.54 Å². The molecule has 0 saturated carbocycles. The van der Waals surface area contributed by atoms with Gasteiger partial charge in [0.15, 0.2) is 0 Å². The first-order valence-corrected chi connectivity index (χ1v) is 8.79. The number of aryl methyl sites for hydroxylation is 1. The molecule has 0 fully saturated rings. The molecule has 0 aromatic heterocycles. The van der Waals surface area contributed by atoms with Crippen LogP contribution in [0.25, 0.3) is 0 Å². The van der Waals surface area contributed by atoms with E-state index in [1.165, 1.54) is 5.56 Å². The van der Waals surface area contributed by atoms with Crippen molar-refractivity contribution >= 4 is 11.9 Å². The van der Waals surface area contributed by atoms with E-state index in [4.69, 9.17) is 0 Å². The number of rotatable bonds is 8. The summed E-state index contributed by atoms with van der Waals surface area (Å²) in [6, 6.07) is 8.11. The number of imide groups is 1. The maximum absolute atomic E-state index is 11.9. The minimum atomic E-state index is -0.440. The van der Waals surface area contributed by atoms with Gasteiger partial charge in [0, 0.05) is 12.1 Å². The van der Waals surface area contributed by atoms with E-state index in [2.05, 4.69) is 61.0 Å². The van der Waals surface area contributed by atoms with Crippen LogP contribution in [-0.2, 0) is 11.2 Å². The van der Waals surface area contributed by atoms with Gasteiger partial charge in [-0.05, 0) is 36.8 Å². The van der Waals surface area contributed by atoms with Crippen molar-refractivity contribution in [3.63, 3.8) is 0 Å². The van der Waals surface area contributed by atoms with Gasteiger partial charge in [-0.25, -0.2) is 4.79 Å². The molecule has 0 aliphatic rings. The topological polar surface area (TPSA) is 70.2 Å². The fourth-order valence-corrected chi connectivity index (χ4v) is 2.43. The molecule has 134 valence electrons. The Labute approximate surface area is 145 Å². The molecule has 3 N–H and O–H groups in total. The normalized spacial score (nSPS) is 13.4. The summed E-state index contributed by atoms with van der Waals surface area (Å²) in [6.45, 7) is 10.3. The van der Waals surface area contributed by atoms with Gasteiger partial charge < -0.3 is 10.6 Å². The van der Waals surface area contributed by atoms with Crippen LogP contribution in [0.4, 0.5) is 4.79 Å². The summed E-state index contributed by atoms with van der Waals surface area (Å²) < 4.78 is 0. The van der Waals surface area contributed by atoms with Gasteiger partial charge in [0.25, 0.3) is 0 Å². The standard InChI is InChI=1S/C19H31N3O2/c1-6-14(5)21-19(24)22-17(23)12-20-18(13(3)4)16-10-8-15(7-2)9-11-16/h8-11,13-14,18,20H,6-7,12H2,1-5H3,(H2,21,22,23,24)/t14-,18+/m0/s1. The number of carbonyl (C=O) groups is 2. The molecule has 0 spiro atoms. The van der Waals surface area contributed by atoms with Crippen molar-refractivity contribution < 1.29 is 9.59 Å². The molecule has 0 aliphatic heterocycles. The van der Waals surface area contributed by atoms with Crippen LogP contribution in [0.3, 0.4) is 0 Å². The molecule has 0 heterocycles. The van der Waals surface area contributed by atoms with E-state index in [9.17, 15) is 9.59 Å². The molecular weight excluding hydrogens is 302 g/mol. The zero-order valence-electron chi connectivity index (χ0n) is 15.5. The molecule has 1 rings (SSSR count). The second-order valence-electron chi connectivity index (χ2n) is 6.53. The lowest BCUT2D eigenvalue weighted by atomic mass is 9.95. The van der Waals surface area contributed by atoms with Crippen LogP contribution >= 0.6 is 0 Å². The highest BCUT2D eigenvalue weighted by Crippen LogP contribution is 2.21. The van der Waals surface area contributed by atoms with Gasteiger partial charge in [0.1, 0.15) is 0 Å². The number of nitrogens with one attached hydrogen (secondary N) is 3. The predicted octanol–water partition coefficient (Wildman–Crippen LogP) is 3.16. The van der Waals surface area contributed by atoms with Gasteiger partial charge in [-0.1, -0.05) is 52.0 Å². The first-order valence-electron chi connectivity index (χ1n) is 8.79. The summed E-state index contributed by atoms with van der Waals surface area (Å²) in [7, 11) is 0. The largest absolute Gasteiger partial charge is 0.335 e. The molecular formula is C19H31N3O2. The van der Waals surface area contributed by atoms with Crippen molar-refractivity contribution in [1.29, 1.82) is 0 Å². The first kappa shape index (κ1) is 20.2. The Morgan fingerprint density at radius 2 is 1.67 bits per heavy atom. The SMILES string of the molecule is CCc1ccc([C@H](NCC(=O)NC(=O)N[C@@H](C)CC)C(C)C)cc1. The smallest absolute Gasteiger partial charge is 0.321 e. The summed E-state index contributed by atoms with van der Waals surface area (Å²) in [4.78, 5) is 23.6. The molecule has 0 radical (unpaired) electrons. The highest BCUT2D eigenvalue weighted by atomic mass is 16.2. The quantitative estimate of drug-likeness (QED) is 0.684. The molecule has 0 saturated heterocycles. The maximum atomic E-state index is 11.9. The van der Waals surface area contributed by atoms with Crippen molar-refractivity contribution in [2.75, 3.05) is 6.54 Å². The Bertz CT molecular complexity index is 526. The van der Waals surface area contributed by atoms with Gasteiger partial charge in [-0.3, -0.25) is 10.1 Å². The number of urea groups is 1. The van der Waals surface area contributed by atoms with Crippen LogP contribution in [0.2, 0.25) is 0 Å². The van der Waals surface area contributed by atoms with Crippen LogP contribution in [0, 0.1) is 5.92 Å². The molecule has 3 amide bonds. The molecule has 1 aromatic rings. The molecule has 0 aliphatic carbocycles. The lowest BCUT2D eigenvalue weighted by Gasteiger charge is -2.23. The molecule has 0 unspecified atom stereocenters. The molecule has 5 heteroatoms. The number of hydrogen-bond acceptors (Lipinski definition) is 3. The lowest BCUT2D eigenvalue weighted by molar-refractivity contribution is -0.119. The Kier molecular flexibility index (Phi) is 8.47. The van der Waals surface area contributed by atoms with Crippen molar-refractivity contribution in [2.45, 2.75) is 59.5 Å².